The molecular formula is C10H5ClFNO2. The van der Waals surface area contributed by atoms with Gasteiger partial charge in [0, 0.05) is 12.2 Å². The summed E-state index contributed by atoms with van der Waals surface area (Å²) >= 11 is 5.54. The third kappa shape index (κ3) is 1.64. The molecule has 0 saturated carbocycles. The number of benzene rings is 1. The minimum atomic E-state index is -0.590. The Balaban J connectivity index is 2.42. The molecule has 76 valence electrons. The Bertz CT molecular complexity index is 466. The minimum absolute atomic E-state index is 0.125. The summed E-state index contributed by atoms with van der Waals surface area (Å²) in [4.78, 5) is 23.4. The van der Waals surface area contributed by atoms with E-state index < -0.39 is 17.6 Å². The second-order valence-electron chi connectivity index (χ2n) is 2.94. The van der Waals surface area contributed by atoms with E-state index in [1.165, 1.54) is 12.1 Å². The second kappa shape index (κ2) is 3.47. The Morgan fingerprint density at radius 2 is 1.73 bits per heavy atom. The quantitative estimate of drug-likeness (QED) is 0.685. The maximum Gasteiger partial charge on any atom is 0.258 e. The van der Waals surface area contributed by atoms with Crippen molar-refractivity contribution in [1.29, 1.82) is 0 Å². The van der Waals surface area contributed by atoms with Crippen LogP contribution < -0.4 is 4.90 Å². The largest absolute Gasteiger partial charge is 0.269 e. The summed E-state index contributed by atoms with van der Waals surface area (Å²) in [7, 11) is 0. The van der Waals surface area contributed by atoms with Crippen molar-refractivity contribution in [3.8, 4) is 0 Å². The molecule has 0 aromatic heterocycles. The minimum Gasteiger partial charge on any atom is -0.269 e. The first-order valence-corrected chi connectivity index (χ1v) is 4.48. The van der Waals surface area contributed by atoms with Gasteiger partial charge < -0.3 is 0 Å². The molecule has 0 bridgehead atoms. The highest BCUT2D eigenvalue weighted by atomic mass is 35.5. The van der Waals surface area contributed by atoms with Crippen molar-refractivity contribution >= 4 is 29.1 Å². The maximum absolute atomic E-state index is 12.8. The molecule has 15 heavy (non-hydrogen) atoms. The molecule has 1 aromatic rings. The molecule has 1 aromatic carbocycles. The first kappa shape index (κ1) is 9.86. The molecule has 1 aliphatic rings. The van der Waals surface area contributed by atoms with Crippen molar-refractivity contribution < 1.29 is 14.0 Å². The van der Waals surface area contributed by atoms with Crippen LogP contribution in [0.3, 0.4) is 0 Å². The first-order chi connectivity index (χ1) is 7.09. The number of rotatable bonds is 1. The Hall–Kier alpha value is -1.68. The van der Waals surface area contributed by atoms with E-state index in [0.29, 0.717) is 0 Å². The van der Waals surface area contributed by atoms with E-state index in [1.807, 2.05) is 0 Å². The summed E-state index contributed by atoms with van der Waals surface area (Å²) in [5.41, 5.74) is 0.265. The van der Waals surface area contributed by atoms with Gasteiger partial charge in [0.05, 0.1) is 10.7 Å². The van der Waals surface area contributed by atoms with Crippen LogP contribution in [0.4, 0.5) is 10.1 Å². The predicted octanol–water partition coefficient (Wildman–Crippen LogP) is 1.91. The van der Waals surface area contributed by atoms with E-state index in [9.17, 15) is 14.0 Å². The molecule has 0 fully saturated rings. The number of amides is 2. The van der Waals surface area contributed by atoms with Gasteiger partial charge in [0.15, 0.2) is 0 Å². The molecule has 3 nitrogen and oxygen atoms in total. The number of nitrogens with zero attached hydrogens (tertiary/aromatic N) is 1. The van der Waals surface area contributed by atoms with Gasteiger partial charge in [-0.25, -0.2) is 9.29 Å². The molecule has 0 aliphatic carbocycles. The van der Waals surface area contributed by atoms with Gasteiger partial charge in [-0.1, -0.05) is 11.6 Å². The number of carbonyl (C=O) groups is 2. The second-order valence-corrected chi connectivity index (χ2v) is 3.35. The van der Waals surface area contributed by atoms with Crippen LogP contribution in [0, 0.1) is 5.82 Å². The lowest BCUT2D eigenvalue weighted by atomic mass is 10.3. The first-order valence-electron chi connectivity index (χ1n) is 4.11. The average Bonchev–Trinajstić information content (AvgIpc) is 2.52. The van der Waals surface area contributed by atoms with Gasteiger partial charge >= 0.3 is 0 Å². The van der Waals surface area contributed by atoms with Crippen molar-refractivity contribution in [3.05, 3.63) is 41.2 Å². The highest BCUT2D eigenvalue weighted by molar-refractivity contribution is 6.32. The monoisotopic (exact) mass is 225 g/mol. The van der Waals surface area contributed by atoms with Gasteiger partial charge in [0.25, 0.3) is 11.8 Å². The van der Waals surface area contributed by atoms with E-state index in [-0.39, 0.29) is 10.7 Å². The van der Waals surface area contributed by atoms with Crippen molar-refractivity contribution in [3.63, 3.8) is 0 Å². The van der Waals surface area contributed by atoms with Gasteiger partial charge in [-0.15, -0.1) is 0 Å². The van der Waals surface area contributed by atoms with Crippen molar-refractivity contribution in [1.82, 2.24) is 0 Å². The molecular weight excluding hydrogens is 221 g/mol. The van der Waals surface area contributed by atoms with Crippen LogP contribution in [0.1, 0.15) is 0 Å². The van der Waals surface area contributed by atoms with Gasteiger partial charge in [-0.2, -0.15) is 0 Å². The normalized spacial score (nSPS) is 15.2. The van der Waals surface area contributed by atoms with E-state index >= 15 is 0 Å². The van der Waals surface area contributed by atoms with Gasteiger partial charge in [-0.3, -0.25) is 9.59 Å². The van der Waals surface area contributed by atoms with Crippen LogP contribution in [0.2, 0.25) is 5.02 Å². The number of hydrogen-bond donors (Lipinski definition) is 0. The van der Waals surface area contributed by atoms with Crippen molar-refractivity contribution in [2.45, 2.75) is 0 Å². The lowest BCUT2D eigenvalue weighted by molar-refractivity contribution is -0.119. The highest BCUT2D eigenvalue weighted by Gasteiger charge is 2.25. The fourth-order valence-corrected chi connectivity index (χ4v) is 1.45. The summed E-state index contributed by atoms with van der Waals surface area (Å²) in [5.74, 6) is -1.50. The molecule has 0 atom stereocenters. The fraction of sp³-hybridized carbons (Fsp3) is 0. The number of halogens is 2. The lowest BCUT2D eigenvalue weighted by Gasteiger charge is -2.13. The molecule has 0 N–H and O–H groups in total. The Labute approximate surface area is 89.7 Å². The molecule has 0 unspecified atom stereocenters. The molecule has 2 amide bonds. The van der Waals surface area contributed by atoms with E-state index in [1.54, 1.807) is 0 Å². The highest BCUT2D eigenvalue weighted by Crippen LogP contribution is 2.24. The summed E-state index contributed by atoms with van der Waals surface area (Å²) < 4.78 is 12.8. The summed E-state index contributed by atoms with van der Waals surface area (Å²) in [6, 6.07) is 3.67. The predicted molar refractivity (Wildman–Crippen MR) is 53.0 cm³/mol. The molecule has 0 spiro atoms. The maximum atomic E-state index is 12.8. The third-order valence-electron chi connectivity index (χ3n) is 1.97. The zero-order chi connectivity index (χ0) is 11.0. The van der Waals surface area contributed by atoms with Crippen LogP contribution >= 0.6 is 11.6 Å². The number of hydrogen-bond acceptors (Lipinski definition) is 2. The van der Waals surface area contributed by atoms with Crippen LogP contribution in [0.25, 0.3) is 0 Å². The zero-order valence-electron chi connectivity index (χ0n) is 7.41. The SMILES string of the molecule is O=C1C=CC(=O)N1c1ccc(F)c(Cl)c1. The van der Waals surface area contributed by atoms with E-state index in [4.69, 9.17) is 11.6 Å². The molecule has 0 saturated heterocycles. The molecule has 1 heterocycles. The summed E-state index contributed by atoms with van der Waals surface area (Å²) in [5, 5.41) is -0.125. The Kier molecular flexibility index (Phi) is 2.28. The molecule has 0 radical (unpaired) electrons. The fourth-order valence-electron chi connectivity index (χ4n) is 1.28. The Morgan fingerprint density at radius 1 is 1.13 bits per heavy atom. The Morgan fingerprint density at radius 3 is 2.27 bits per heavy atom. The van der Waals surface area contributed by atoms with E-state index in [0.717, 1.165) is 23.1 Å². The van der Waals surface area contributed by atoms with Gasteiger partial charge in [-0.05, 0) is 18.2 Å². The van der Waals surface area contributed by atoms with Crippen LogP contribution in [0.15, 0.2) is 30.4 Å². The summed E-state index contributed by atoms with van der Waals surface area (Å²) in [6.45, 7) is 0. The number of imide groups is 1. The van der Waals surface area contributed by atoms with Crippen LogP contribution in [-0.4, -0.2) is 11.8 Å². The van der Waals surface area contributed by atoms with Crippen LogP contribution in [-0.2, 0) is 9.59 Å². The lowest BCUT2D eigenvalue weighted by Crippen LogP contribution is -2.29. The number of anilines is 1. The standard InChI is InChI=1S/C10H5ClFNO2/c11-7-5-6(1-2-8(7)12)13-9(14)3-4-10(13)15/h1-5H. The van der Waals surface area contributed by atoms with Gasteiger partial charge in [0.2, 0.25) is 0 Å². The van der Waals surface area contributed by atoms with E-state index in [2.05, 4.69) is 0 Å². The van der Waals surface area contributed by atoms with Crippen molar-refractivity contribution in [2.24, 2.45) is 0 Å². The van der Waals surface area contributed by atoms with Crippen molar-refractivity contribution in [2.75, 3.05) is 4.90 Å². The molecule has 5 heteroatoms. The molecule has 2 rings (SSSR count). The topological polar surface area (TPSA) is 37.4 Å². The average molecular weight is 226 g/mol. The number of carbonyl (C=O) groups excluding carboxylic acids is 2. The molecule has 1 aliphatic heterocycles. The third-order valence-corrected chi connectivity index (χ3v) is 2.26. The van der Waals surface area contributed by atoms with Gasteiger partial charge in [0.1, 0.15) is 5.82 Å². The van der Waals surface area contributed by atoms with Crippen LogP contribution in [0.5, 0.6) is 0 Å². The summed E-state index contributed by atoms with van der Waals surface area (Å²) in [6.07, 6.45) is 2.30. The zero-order valence-corrected chi connectivity index (χ0v) is 8.16. The smallest absolute Gasteiger partial charge is 0.258 e.